The highest BCUT2D eigenvalue weighted by atomic mass is 16.4. The fraction of sp³-hybridized carbons (Fsp3) is 0.0833. The second-order valence-corrected chi connectivity index (χ2v) is 3.70. The zero-order chi connectivity index (χ0) is 11.7. The van der Waals surface area contributed by atoms with Crippen molar-refractivity contribution in [1.82, 2.24) is 15.0 Å². The van der Waals surface area contributed by atoms with E-state index < -0.39 is 0 Å². The van der Waals surface area contributed by atoms with Gasteiger partial charge in [-0.2, -0.15) is 0 Å². The van der Waals surface area contributed by atoms with Crippen LogP contribution in [0.15, 0.2) is 51.9 Å². The number of rotatable bonds is 2. The minimum absolute atomic E-state index is 0.334. The lowest BCUT2D eigenvalue weighted by atomic mass is 10.2. The molecule has 2 aromatic heterocycles. The Labute approximate surface area is 96.3 Å². The van der Waals surface area contributed by atoms with E-state index in [9.17, 15) is 4.79 Å². The van der Waals surface area contributed by atoms with E-state index in [-0.39, 0.29) is 5.63 Å². The largest absolute Gasteiger partial charge is 0.422 e. The first kappa shape index (κ1) is 9.77. The van der Waals surface area contributed by atoms with Crippen LogP contribution in [0.3, 0.4) is 0 Å². The first-order chi connectivity index (χ1) is 8.33. The lowest BCUT2D eigenvalue weighted by Gasteiger charge is -2.01. The van der Waals surface area contributed by atoms with Crippen LogP contribution in [0.2, 0.25) is 0 Å². The highest BCUT2D eigenvalue weighted by molar-refractivity contribution is 5.76. The Morgan fingerprint density at radius 3 is 3.00 bits per heavy atom. The summed E-state index contributed by atoms with van der Waals surface area (Å²) in [4.78, 5) is 11.7. The number of para-hydroxylation sites is 1. The average Bonchev–Trinajstić information content (AvgIpc) is 2.83. The standard InChI is InChI=1S/C12H9N3O2/c16-12-10(8-15-6-5-13-14-15)7-9-3-1-2-4-11(9)17-12/h1-7H,8H2. The van der Waals surface area contributed by atoms with Crippen LogP contribution in [0.5, 0.6) is 0 Å². The summed E-state index contributed by atoms with van der Waals surface area (Å²) in [6, 6.07) is 9.24. The summed E-state index contributed by atoms with van der Waals surface area (Å²) < 4.78 is 6.81. The van der Waals surface area contributed by atoms with Crippen LogP contribution in [-0.4, -0.2) is 15.0 Å². The maximum Gasteiger partial charge on any atom is 0.341 e. The van der Waals surface area contributed by atoms with Gasteiger partial charge in [0.15, 0.2) is 0 Å². The summed E-state index contributed by atoms with van der Waals surface area (Å²) in [6.45, 7) is 0.368. The van der Waals surface area contributed by atoms with Gasteiger partial charge in [0.25, 0.3) is 0 Å². The van der Waals surface area contributed by atoms with Crippen LogP contribution >= 0.6 is 0 Å². The maximum absolute atomic E-state index is 11.7. The van der Waals surface area contributed by atoms with Gasteiger partial charge in [0.2, 0.25) is 0 Å². The van der Waals surface area contributed by atoms with Gasteiger partial charge in [0.05, 0.1) is 18.3 Å². The molecule has 3 rings (SSSR count). The molecule has 0 aliphatic rings. The van der Waals surface area contributed by atoms with E-state index in [0.29, 0.717) is 17.7 Å². The fourth-order valence-corrected chi connectivity index (χ4v) is 1.71. The third-order valence-corrected chi connectivity index (χ3v) is 2.52. The Balaban J connectivity index is 2.10. The van der Waals surface area contributed by atoms with Gasteiger partial charge in [-0.05, 0) is 12.1 Å². The highest BCUT2D eigenvalue weighted by Crippen LogP contribution is 2.12. The minimum Gasteiger partial charge on any atom is -0.422 e. The van der Waals surface area contributed by atoms with Crippen LogP contribution < -0.4 is 5.63 Å². The molecule has 0 bridgehead atoms. The monoisotopic (exact) mass is 227 g/mol. The number of fused-ring (bicyclic) bond motifs is 1. The average molecular weight is 227 g/mol. The third kappa shape index (κ3) is 1.82. The van der Waals surface area contributed by atoms with E-state index in [1.54, 1.807) is 23.1 Å². The van der Waals surface area contributed by atoms with Crippen molar-refractivity contribution in [2.75, 3.05) is 0 Å². The number of nitrogens with zero attached hydrogens (tertiary/aromatic N) is 3. The first-order valence-corrected chi connectivity index (χ1v) is 5.19. The van der Waals surface area contributed by atoms with Gasteiger partial charge >= 0.3 is 5.63 Å². The minimum atomic E-state index is -0.334. The van der Waals surface area contributed by atoms with Gasteiger partial charge in [-0.3, -0.25) is 0 Å². The topological polar surface area (TPSA) is 60.9 Å². The van der Waals surface area contributed by atoms with Gasteiger partial charge in [-0.15, -0.1) is 5.10 Å². The Hall–Kier alpha value is -2.43. The summed E-state index contributed by atoms with van der Waals surface area (Å²) in [5.41, 5.74) is 0.827. The molecule has 0 saturated heterocycles. The quantitative estimate of drug-likeness (QED) is 0.621. The Morgan fingerprint density at radius 1 is 1.29 bits per heavy atom. The summed E-state index contributed by atoms with van der Waals surface area (Å²) in [5.74, 6) is 0. The van der Waals surface area contributed by atoms with Gasteiger partial charge in [-0.1, -0.05) is 23.4 Å². The van der Waals surface area contributed by atoms with Gasteiger partial charge in [-0.25, -0.2) is 9.48 Å². The summed E-state index contributed by atoms with van der Waals surface area (Å²) in [7, 11) is 0. The van der Waals surface area contributed by atoms with Crippen molar-refractivity contribution in [3.05, 3.63) is 58.7 Å². The summed E-state index contributed by atoms with van der Waals surface area (Å²) in [6.07, 6.45) is 3.28. The zero-order valence-corrected chi connectivity index (χ0v) is 8.91. The molecule has 0 aliphatic heterocycles. The molecule has 2 heterocycles. The fourth-order valence-electron chi connectivity index (χ4n) is 1.71. The second kappa shape index (κ2) is 3.86. The van der Waals surface area contributed by atoms with Crippen LogP contribution in [0, 0.1) is 0 Å². The molecule has 3 aromatic rings. The number of benzene rings is 1. The molecular weight excluding hydrogens is 218 g/mol. The lowest BCUT2D eigenvalue weighted by molar-refractivity contribution is 0.537. The molecule has 0 atom stereocenters. The Kier molecular flexibility index (Phi) is 2.22. The molecule has 5 heteroatoms. The van der Waals surface area contributed by atoms with E-state index in [0.717, 1.165) is 5.39 Å². The first-order valence-electron chi connectivity index (χ1n) is 5.19. The highest BCUT2D eigenvalue weighted by Gasteiger charge is 2.05. The van der Waals surface area contributed by atoms with E-state index in [1.807, 2.05) is 24.3 Å². The van der Waals surface area contributed by atoms with E-state index in [4.69, 9.17) is 4.42 Å². The molecule has 0 aliphatic carbocycles. The summed E-state index contributed by atoms with van der Waals surface area (Å²) >= 11 is 0. The molecule has 84 valence electrons. The molecule has 0 N–H and O–H groups in total. The predicted molar refractivity (Wildman–Crippen MR) is 61.6 cm³/mol. The van der Waals surface area contributed by atoms with Crippen LogP contribution in [0.25, 0.3) is 11.0 Å². The Bertz CT molecular complexity index is 701. The van der Waals surface area contributed by atoms with E-state index >= 15 is 0 Å². The molecule has 1 aromatic carbocycles. The molecular formula is C12H9N3O2. The molecule has 0 spiro atoms. The molecule has 17 heavy (non-hydrogen) atoms. The molecule has 0 amide bonds. The van der Waals surface area contributed by atoms with Crippen molar-refractivity contribution in [2.45, 2.75) is 6.54 Å². The predicted octanol–water partition coefficient (Wildman–Crippen LogP) is 1.43. The molecule has 0 saturated carbocycles. The summed E-state index contributed by atoms with van der Waals surface area (Å²) in [5, 5.41) is 8.41. The smallest absolute Gasteiger partial charge is 0.341 e. The van der Waals surface area contributed by atoms with Gasteiger partial charge < -0.3 is 4.42 Å². The van der Waals surface area contributed by atoms with Crippen molar-refractivity contribution in [3.63, 3.8) is 0 Å². The van der Waals surface area contributed by atoms with Crippen molar-refractivity contribution >= 4 is 11.0 Å². The SMILES string of the molecule is O=c1oc2ccccc2cc1Cn1ccnn1. The Morgan fingerprint density at radius 2 is 2.18 bits per heavy atom. The van der Waals surface area contributed by atoms with Crippen molar-refractivity contribution in [2.24, 2.45) is 0 Å². The normalized spacial score (nSPS) is 10.8. The van der Waals surface area contributed by atoms with Crippen molar-refractivity contribution in [3.8, 4) is 0 Å². The second-order valence-electron chi connectivity index (χ2n) is 3.70. The van der Waals surface area contributed by atoms with Crippen LogP contribution in [-0.2, 0) is 6.54 Å². The van der Waals surface area contributed by atoms with Gasteiger partial charge in [0, 0.05) is 11.6 Å². The van der Waals surface area contributed by atoms with E-state index in [2.05, 4.69) is 10.3 Å². The molecule has 0 fully saturated rings. The van der Waals surface area contributed by atoms with Crippen molar-refractivity contribution < 1.29 is 4.42 Å². The number of hydrogen-bond donors (Lipinski definition) is 0. The number of aromatic nitrogens is 3. The maximum atomic E-state index is 11.7. The zero-order valence-electron chi connectivity index (χ0n) is 8.91. The number of hydrogen-bond acceptors (Lipinski definition) is 4. The van der Waals surface area contributed by atoms with Crippen LogP contribution in [0.1, 0.15) is 5.56 Å². The third-order valence-electron chi connectivity index (χ3n) is 2.52. The van der Waals surface area contributed by atoms with Gasteiger partial charge in [0.1, 0.15) is 5.58 Å². The molecule has 0 unspecified atom stereocenters. The van der Waals surface area contributed by atoms with E-state index in [1.165, 1.54) is 0 Å². The lowest BCUT2D eigenvalue weighted by Crippen LogP contribution is -2.12. The molecule has 5 nitrogen and oxygen atoms in total. The molecule has 0 radical (unpaired) electrons. The van der Waals surface area contributed by atoms with Crippen molar-refractivity contribution in [1.29, 1.82) is 0 Å². The van der Waals surface area contributed by atoms with Crippen LogP contribution in [0.4, 0.5) is 0 Å².